The molecule has 0 spiro atoms. The molecule has 0 atom stereocenters. The first-order chi connectivity index (χ1) is 12.0. The molecule has 8 heteroatoms. The van der Waals surface area contributed by atoms with E-state index in [0.717, 1.165) is 27.2 Å². The van der Waals surface area contributed by atoms with E-state index in [-0.39, 0.29) is 5.82 Å². The second kappa shape index (κ2) is 7.79. The third-order valence-corrected chi connectivity index (χ3v) is 4.36. The lowest BCUT2D eigenvalue weighted by molar-refractivity contribution is 0.303. The largest absolute Gasteiger partial charge is 0.489 e. The van der Waals surface area contributed by atoms with Crippen molar-refractivity contribution >= 4 is 28.1 Å². The molecule has 0 aliphatic heterocycles. The van der Waals surface area contributed by atoms with E-state index in [4.69, 9.17) is 17.0 Å². The molecule has 0 aliphatic carbocycles. The second-order valence-corrected chi connectivity index (χ2v) is 6.72. The lowest BCUT2D eigenvalue weighted by Gasteiger charge is -2.14. The predicted octanol–water partition coefficient (Wildman–Crippen LogP) is 4.47. The minimum absolute atomic E-state index is 0.260. The highest BCUT2D eigenvalue weighted by molar-refractivity contribution is 9.10. The molecule has 0 amide bonds. The molecule has 3 rings (SSSR count). The lowest BCUT2D eigenvalue weighted by Crippen LogP contribution is -2.16. The van der Waals surface area contributed by atoms with Gasteiger partial charge in [-0.25, -0.2) is 9.07 Å². The topological polar surface area (TPSA) is 54.9 Å². The fourth-order valence-corrected chi connectivity index (χ4v) is 2.95. The Hall–Kier alpha value is -2.19. The summed E-state index contributed by atoms with van der Waals surface area (Å²) in [5.41, 5.74) is 5.08. The zero-order valence-electron chi connectivity index (χ0n) is 13.4. The van der Waals surface area contributed by atoms with Gasteiger partial charge in [-0.3, -0.25) is 5.10 Å². The Kier molecular flexibility index (Phi) is 5.50. The average molecular weight is 423 g/mol. The molecule has 5 nitrogen and oxygen atoms in total. The molecule has 1 heterocycles. The second-order valence-electron chi connectivity index (χ2n) is 5.41. The molecule has 0 aliphatic rings. The normalized spacial score (nSPS) is 10.7. The van der Waals surface area contributed by atoms with E-state index in [9.17, 15) is 4.39 Å². The van der Waals surface area contributed by atoms with Crippen molar-refractivity contribution in [3.05, 3.63) is 74.5 Å². The van der Waals surface area contributed by atoms with Gasteiger partial charge >= 0.3 is 0 Å². The number of nitrogens with zero attached hydrogens (tertiary/aromatic N) is 2. The van der Waals surface area contributed by atoms with Gasteiger partial charge in [0.2, 0.25) is 4.77 Å². The van der Waals surface area contributed by atoms with E-state index in [0.29, 0.717) is 17.9 Å². The summed E-state index contributed by atoms with van der Waals surface area (Å²) < 4.78 is 22.1. The molecule has 0 saturated carbocycles. The van der Waals surface area contributed by atoms with E-state index in [1.807, 2.05) is 25.1 Å². The maximum atomic E-state index is 13.0. The minimum Gasteiger partial charge on any atom is -0.489 e. The molecule has 0 saturated heterocycles. The Morgan fingerprint density at radius 2 is 2.04 bits per heavy atom. The van der Waals surface area contributed by atoms with Gasteiger partial charge in [0, 0.05) is 10.0 Å². The van der Waals surface area contributed by atoms with Crippen LogP contribution in [0.1, 0.15) is 17.0 Å². The molecule has 130 valence electrons. The minimum atomic E-state index is -0.260. The highest BCUT2D eigenvalue weighted by Gasteiger charge is 2.07. The summed E-state index contributed by atoms with van der Waals surface area (Å²) in [7, 11) is 0. The molecule has 3 aromatic rings. The lowest BCUT2D eigenvalue weighted by atomic mass is 10.2. The van der Waals surface area contributed by atoms with Crippen molar-refractivity contribution in [2.75, 3.05) is 5.43 Å². The number of rotatable bonds is 6. The van der Waals surface area contributed by atoms with Gasteiger partial charge in [-0.15, -0.1) is 0 Å². The van der Waals surface area contributed by atoms with Gasteiger partial charge in [-0.2, -0.15) is 5.10 Å². The van der Waals surface area contributed by atoms with Crippen LogP contribution in [0.3, 0.4) is 0 Å². The van der Waals surface area contributed by atoms with Gasteiger partial charge in [0.1, 0.15) is 24.0 Å². The van der Waals surface area contributed by atoms with Crippen LogP contribution in [0.4, 0.5) is 4.39 Å². The maximum absolute atomic E-state index is 13.0. The van der Waals surface area contributed by atoms with Crippen molar-refractivity contribution in [2.45, 2.75) is 20.1 Å². The molecular weight excluding hydrogens is 407 g/mol. The van der Waals surface area contributed by atoms with Crippen LogP contribution in [0, 0.1) is 17.5 Å². The third kappa shape index (κ3) is 4.46. The van der Waals surface area contributed by atoms with Crippen molar-refractivity contribution < 1.29 is 9.13 Å². The Morgan fingerprint density at radius 3 is 2.72 bits per heavy atom. The van der Waals surface area contributed by atoms with Gasteiger partial charge in [-0.05, 0) is 55.0 Å². The molecule has 2 N–H and O–H groups in total. The monoisotopic (exact) mass is 422 g/mol. The molecule has 1 aromatic heterocycles. The number of H-pyrrole nitrogens is 1. The SMILES string of the molecule is Cc1n[nH]c(=S)n1NCc1cc(Br)ccc1OCc1ccc(F)cc1. The van der Waals surface area contributed by atoms with E-state index in [1.54, 1.807) is 16.8 Å². The summed E-state index contributed by atoms with van der Waals surface area (Å²) in [6, 6.07) is 12.1. The Balaban J connectivity index is 1.73. The van der Waals surface area contributed by atoms with Crippen molar-refractivity contribution in [3.63, 3.8) is 0 Å². The molecule has 2 aromatic carbocycles. The van der Waals surface area contributed by atoms with E-state index >= 15 is 0 Å². The summed E-state index contributed by atoms with van der Waals surface area (Å²) in [4.78, 5) is 0. The first-order valence-corrected chi connectivity index (χ1v) is 8.76. The number of benzene rings is 2. The van der Waals surface area contributed by atoms with Crippen LogP contribution in [-0.2, 0) is 13.2 Å². The number of hydrogen-bond donors (Lipinski definition) is 2. The van der Waals surface area contributed by atoms with Crippen molar-refractivity contribution in [3.8, 4) is 5.75 Å². The van der Waals surface area contributed by atoms with Gasteiger partial charge in [-0.1, -0.05) is 28.1 Å². The highest BCUT2D eigenvalue weighted by atomic mass is 79.9. The first-order valence-electron chi connectivity index (χ1n) is 7.56. The Bertz CT molecular complexity index is 923. The fourth-order valence-electron chi connectivity index (χ4n) is 2.29. The van der Waals surface area contributed by atoms with Crippen molar-refractivity contribution in [1.82, 2.24) is 14.9 Å². The number of nitrogens with one attached hydrogen (secondary N) is 2. The summed E-state index contributed by atoms with van der Waals surface area (Å²) in [5.74, 6) is 1.23. The standard InChI is InChI=1S/C17H16BrFN4OS/c1-11-21-22-17(25)23(11)20-9-13-8-14(18)4-7-16(13)24-10-12-2-5-15(19)6-3-12/h2-8,20H,9-10H2,1H3,(H,22,25). The first kappa shape index (κ1) is 17.6. The number of aryl methyl sites for hydroxylation is 1. The quantitative estimate of drug-likeness (QED) is 0.575. The molecule has 0 fully saturated rings. The molecule has 0 bridgehead atoms. The van der Waals surface area contributed by atoms with Gasteiger partial charge in [0.05, 0.1) is 6.54 Å². The number of ether oxygens (including phenoxy) is 1. The van der Waals surface area contributed by atoms with Crippen LogP contribution < -0.4 is 10.2 Å². The average Bonchev–Trinajstić information content (AvgIpc) is 2.92. The van der Waals surface area contributed by atoms with Crippen LogP contribution in [0.25, 0.3) is 0 Å². The summed E-state index contributed by atoms with van der Waals surface area (Å²) >= 11 is 8.66. The Labute approximate surface area is 157 Å². The van der Waals surface area contributed by atoms with Crippen LogP contribution in [0.15, 0.2) is 46.9 Å². The third-order valence-electron chi connectivity index (χ3n) is 3.60. The number of aromatic nitrogens is 3. The number of hydrogen-bond acceptors (Lipinski definition) is 4. The number of halogens is 2. The molecule has 0 unspecified atom stereocenters. The molecule has 0 radical (unpaired) electrons. The van der Waals surface area contributed by atoms with Crippen LogP contribution in [-0.4, -0.2) is 14.9 Å². The summed E-state index contributed by atoms with van der Waals surface area (Å²) in [6.07, 6.45) is 0. The van der Waals surface area contributed by atoms with E-state index in [1.165, 1.54) is 12.1 Å². The maximum Gasteiger partial charge on any atom is 0.214 e. The van der Waals surface area contributed by atoms with Crippen molar-refractivity contribution in [1.29, 1.82) is 0 Å². The van der Waals surface area contributed by atoms with E-state index < -0.39 is 0 Å². The predicted molar refractivity (Wildman–Crippen MR) is 100 cm³/mol. The van der Waals surface area contributed by atoms with Gasteiger partial charge in [0.25, 0.3) is 0 Å². The number of aromatic amines is 1. The smallest absolute Gasteiger partial charge is 0.214 e. The van der Waals surface area contributed by atoms with Crippen LogP contribution >= 0.6 is 28.1 Å². The Morgan fingerprint density at radius 1 is 1.28 bits per heavy atom. The zero-order valence-corrected chi connectivity index (χ0v) is 15.8. The van der Waals surface area contributed by atoms with Crippen LogP contribution in [0.5, 0.6) is 5.75 Å². The highest BCUT2D eigenvalue weighted by Crippen LogP contribution is 2.24. The molecular formula is C17H16BrFN4OS. The van der Waals surface area contributed by atoms with Gasteiger partial charge < -0.3 is 10.2 Å². The molecule has 25 heavy (non-hydrogen) atoms. The zero-order chi connectivity index (χ0) is 17.8. The summed E-state index contributed by atoms with van der Waals surface area (Å²) in [6.45, 7) is 2.72. The van der Waals surface area contributed by atoms with Crippen molar-refractivity contribution in [2.24, 2.45) is 0 Å². The van der Waals surface area contributed by atoms with Gasteiger partial charge in [0.15, 0.2) is 0 Å². The fraction of sp³-hybridized carbons (Fsp3) is 0.176. The van der Waals surface area contributed by atoms with Crippen LogP contribution in [0.2, 0.25) is 0 Å². The summed E-state index contributed by atoms with van der Waals surface area (Å²) in [5, 5.41) is 6.80. The van der Waals surface area contributed by atoms with E-state index in [2.05, 4.69) is 31.6 Å².